The Hall–Kier alpha value is -2.87. The summed E-state index contributed by atoms with van der Waals surface area (Å²) in [5.74, 6) is 0. The van der Waals surface area contributed by atoms with Gasteiger partial charge in [0.15, 0.2) is 0 Å². The minimum absolute atomic E-state index is 0.267. The third kappa shape index (κ3) is 1.48. The molecule has 0 unspecified atom stereocenters. The van der Waals surface area contributed by atoms with Crippen LogP contribution in [-0.4, -0.2) is 15.2 Å². The van der Waals surface area contributed by atoms with E-state index in [0.29, 0.717) is 5.69 Å². The van der Waals surface area contributed by atoms with Crippen molar-refractivity contribution in [1.82, 2.24) is 15.2 Å². The van der Waals surface area contributed by atoms with E-state index < -0.39 is 0 Å². The molecule has 5 heteroatoms. The molecule has 0 radical (unpaired) electrons. The fraction of sp³-hybridized carbons (Fsp3) is 0. The van der Waals surface area contributed by atoms with Crippen molar-refractivity contribution in [2.45, 2.75) is 0 Å². The van der Waals surface area contributed by atoms with Crippen LogP contribution in [0, 0.1) is 11.3 Å². The summed E-state index contributed by atoms with van der Waals surface area (Å²) in [6, 6.07) is 11.0. The number of para-hydroxylation sites is 1. The summed E-state index contributed by atoms with van der Waals surface area (Å²) < 4.78 is 0. The molecule has 5 nitrogen and oxygen atoms in total. The van der Waals surface area contributed by atoms with Crippen LogP contribution in [0.25, 0.3) is 22.2 Å². The number of nitrogens with one attached hydrogen (secondary N) is 2. The number of hydrogen-bond donors (Lipinski definition) is 2. The van der Waals surface area contributed by atoms with Gasteiger partial charge in [0, 0.05) is 28.7 Å². The molecule has 18 heavy (non-hydrogen) atoms. The Morgan fingerprint density at radius 2 is 2.11 bits per heavy atom. The van der Waals surface area contributed by atoms with Crippen molar-refractivity contribution < 1.29 is 0 Å². The van der Waals surface area contributed by atoms with Crippen LogP contribution in [0.3, 0.4) is 0 Å². The standard InChI is InChI=1S/C13H8N4O/c14-6-8-5-12(18)16-17-13(8)10-7-15-11-4-2-1-3-9(10)11/h1-5,7,15H,(H,16,18). The molecule has 86 valence electrons. The summed E-state index contributed by atoms with van der Waals surface area (Å²) in [5.41, 5.74) is 2.14. The summed E-state index contributed by atoms with van der Waals surface area (Å²) in [6.07, 6.45) is 1.78. The molecule has 1 aromatic carbocycles. The van der Waals surface area contributed by atoms with Gasteiger partial charge in [-0.25, -0.2) is 5.10 Å². The van der Waals surface area contributed by atoms with E-state index in [1.54, 1.807) is 6.20 Å². The minimum atomic E-state index is -0.379. The smallest absolute Gasteiger partial charge is 0.265 e. The van der Waals surface area contributed by atoms with Crippen LogP contribution >= 0.6 is 0 Å². The van der Waals surface area contributed by atoms with Crippen LogP contribution in [0.1, 0.15) is 5.56 Å². The van der Waals surface area contributed by atoms with Gasteiger partial charge in [0.1, 0.15) is 11.8 Å². The lowest BCUT2D eigenvalue weighted by Gasteiger charge is -1.99. The molecule has 3 aromatic rings. The van der Waals surface area contributed by atoms with Crippen LogP contribution in [0.4, 0.5) is 0 Å². The van der Waals surface area contributed by atoms with E-state index in [4.69, 9.17) is 5.26 Å². The van der Waals surface area contributed by atoms with Gasteiger partial charge in [-0.2, -0.15) is 10.4 Å². The van der Waals surface area contributed by atoms with Crippen molar-refractivity contribution in [3.8, 4) is 17.3 Å². The largest absolute Gasteiger partial charge is 0.360 e. The van der Waals surface area contributed by atoms with Crippen molar-refractivity contribution in [3.05, 3.63) is 52.4 Å². The van der Waals surface area contributed by atoms with Crippen molar-refractivity contribution in [2.75, 3.05) is 0 Å². The predicted octanol–water partition coefficient (Wildman–Crippen LogP) is 1.79. The van der Waals surface area contributed by atoms with Crippen molar-refractivity contribution in [2.24, 2.45) is 0 Å². The fourth-order valence-electron chi connectivity index (χ4n) is 1.96. The SMILES string of the molecule is N#Cc1cc(=O)[nH]nc1-c1c[nH]c2ccccc12. The maximum Gasteiger partial charge on any atom is 0.265 e. The van der Waals surface area contributed by atoms with Gasteiger partial charge in [0.2, 0.25) is 0 Å². The average molecular weight is 236 g/mol. The molecular formula is C13H8N4O. The molecule has 2 N–H and O–H groups in total. The van der Waals surface area contributed by atoms with Crippen molar-refractivity contribution in [1.29, 1.82) is 5.26 Å². The third-order valence-corrected chi connectivity index (χ3v) is 2.77. The monoisotopic (exact) mass is 236 g/mol. The van der Waals surface area contributed by atoms with Crippen LogP contribution in [0.5, 0.6) is 0 Å². The van der Waals surface area contributed by atoms with Crippen LogP contribution in [-0.2, 0) is 0 Å². The van der Waals surface area contributed by atoms with Crippen molar-refractivity contribution >= 4 is 10.9 Å². The first-order valence-electron chi connectivity index (χ1n) is 5.36. The minimum Gasteiger partial charge on any atom is -0.360 e. The van der Waals surface area contributed by atoms with E-state index in [0.717, 1.165) is 16.5 Å². The van der Waals surface area contributed by atoms with Gasteiger partial charge >= 0.3 is 0 Å². The summed E-state index contributed by atoms with van der Waals surface area (Å²) >= 11 is 0. The lowest BCUT2D eigenvalue weighted by molar-refractivity contribution is 0.990. The van der Waals surface area contributed by atoms with E-state index in [1.165, 1.54) is 6.07 Å². The van der Waals surface area contributed by atoms with E-state index in [9.17, 15) is 4.79 Å². The number of aromatic amines is 2. The average Bonchev–Trinajstić information content (AvgIpc) is 2.82. The highest BCUT2D eigenvalue weighted by atomic mass is 16.1. The van der Waals surface area contributed by atoms with Crippen LogP contribution < -0.4 is 5.56 Å². The highest BCUT2D eigenvalue weighted by molar-refractivity contribution is 5.95. The van der Waals surface area contributed by atoms with E-state index in [2.05, 4.69) is 15.2 Å². The second kappa shape index (κ2) is 3.86. The summed E-state index contributed by atoms with van der Waals surface area (Å²) in [6.45, 7) is 0. The Bertz CT molecular complexity index is 823. The number of hydrogen-bond acceptors (Lipinski definition) is 3. The van der Waals surface area contributed by atoms with E-state index in [1.807, 2.05) is 30.3 Å². The molecule has 0 aliphatic heterocycles. The van der Waals surface area contributed by atoms with Gasteiger partial charge in [-0.1, -0.05) is 18.2 Å². The molecular weight excluding hydrogens is 228 g/mol. The Balaban J connectivity index is 2.34. The van der Waals surface area contributed by atoms with Crippen molar-refractivity contribution in [3.63, 3.8) is 0 Å². The number of nitriles is 1. The van der Waals surface area contributed by atoms with E-state index in [-0.39, 0.29) is 11.1 Å². The molecule has 0 spiro atoms. The van der Waals surface area contributed by atoms with Gasteiger partial charge in [0.25, 0.3) is 5.56 Å². The topological polar surface area (TPSA) is 85.3 Å². The Kier molecular flexibility index (Phi) is 2.21. The molecule has 2 aromatic heterocycles. The Labute approximate surface area is 102 Å². The molecule has 3 rings (SSSR count). The fourth-order valence-corrected chi connectivity index (χ4v) is 1.96. The van der Waals surface area contributed by atoms with E-state index >= 15 is 0 Å². The highest BCUT2D eigenvalue weighted by Crippen LogP contribution is 2.28. The maximum atomic E-state index is 11.2. The number of nitrogens with zero attached hydrogens (tertiary/aromatic N) is 2. The zero-order chi connectivity index (χ0) is 12.5. The molecule has 0 aliphatic carbocycles. The molecule has 0 saturated heterocycles. The van der Waals surface area contributed by atoms with Crippen LogP contribution in [0.15, 0.2) is 41.3 Å². The van der Waals surface area contributed by atoms with Gasteiger partial charge in [-0.05, 0) is 6.07 Å². The Morgan fingerprint density at radius 3 is 2.94 bits per heavy atom. The number of rotatable bonds is 1. The summed E-state index contributed by atoms with van der Waals surface area (Å²) in [7, 11) is 0. The first-order valence-corrected chi connectivity index (χ1v) is 5.36. The normalized spacial score (nSPS) is 10.4. The maximum absolute atomic E-state index is 11.2. The zero-order valence-corrected chi connectivity index (χ0v) is 9.27. The lowest BCUT2D eigenvalue weighted by atomic mass is 10.1. The molecule has 0 saturated carbocycles. The molecule has 0 atom stereocenters. The highest BCUT2D eigenvalue weighted by Gasteiger charge is 2.12. The van der Waals surface area contributed by atoms with Gasteiger partial charge in [-0.3, -0.25) is 4.79 Å². The van der Waals surface area contributed by atoms with Gasteiger partial charge in [0.05, 0.1) is 5.56 Å². The number of benzene rings is 1. The second-order valence-corrected chi connectivity index (χ2v) is 3.85. The van der Waals surface area contributed by atoms with Gasteiger partial charge in [-0.15, -0.1) is 0 Å². The first kappa shape index (κ1) is 10.3. The lowest BCUT2D eigenvalue weighted by Crippen LogP contribution is -2.08. The van der Waals surface area contributed by atoms with Gasteiger partial charge < -0.3 is 4.98 Å². The molecule has 0 fully saturated rings. The predicted molar refractivity (Wildman–Crippen MR) is 66.9 cm³/mol. The number of aromatic nitrogens is 3. The number of H-pyrrole nitrogens is 2. The summed E-state index contributed by atoms with van der Waals surface area (Å²) in [4.78, 5) is 14.3. The van der Waals surface area contributed by atoms with Crippen LogP contribution in [0.2, 0.25) is 0 Å². The summed E-state index contributed by atoms with van der Waals surface area (Å²) in [5, 5.41) is 16.3. The third-order valence-electron chi connectivity index (χ3n) is 2.77. The molecule has 0 aliphatic rings. The second-order valence-electron chi connectivity index (χ2n) is 3.85. The number of fused-ring (bicyclic) bond motifs is 1. The quantitative estimate of drug-likeness (QED) is 0.675. The molecule has 2 heterocycles. The Morgan fingerprint density at radius 1 is 1.28 bits per heavy atom. The zero-order valence-electron chi connectivity index (χ0n) is 9.27. The first-order chi connectivity index (χ1) is 8.79. The molecule has 0 bridgehead atoms. The molecule has 0 amide bonds.